The van der Waals surface area contributed by atoms with E-state index in [0.29, 0.717) is 6.42 Å². The Morgan fingerprint density at radius 2 is 2.14 bits per heavy atom. The molecule has 0 aliphatic carbocycles. The zero-order valence-corrected chi connectivity index (χ0v) is 14.5. The highest BCUT2D eigenvalue weighted by molar-refractivity contribution is 7.11. The molecule has 2 atom stereocenters. The quantitative estimate of drug-likeness (QED) is 0.813. The zero-order valence-electron chi connectivity index (χ0n) is 13.6. The minimum atomic E-state index is -0.0845. The second-order valence-electron chi connectivity index (χ2n) is 5.41. The number of amides is 2. The van der Waals surface area contributed by atoms with Crippen LogP contribution < -0.4 is 5.32 Å². The Bertz CT molecular complexity index is 462. The predicted molar refractivity (Wildman–Crippen MR) is 86.7 cm³/mol. The lowest BCUT2D eigenvalue weighted by molar-refractivity contribution is 0.190. The van der Waals surface area contributed by atoms with Crippen LogP contribution in [0.2, 0.25) is 0 Å². The summed E-state index contributed by atoms with van der Waals surface area (Å²) in [5, 5.41) is 12.9. The molecule has 0 radical (unpaired) electrons. The molecule has 6 heteroatoms. The number of aromatic nitrogens is 1. The van der Waals surface area contributed by atoms with Gasteiger partial charge in [0.2, 0.25) is 0 Å². The molecule has 0 fully saturated rings. The number of hydrogen-bond acceptors (Lipinski definition) is 4. The van der Waals surface area contributed by atoms with Gasteiger partial charge in [-0.3, -0.25) is 0 Å². The van der Waals surface area contributed by atoms with E-state index in [0.717, 1.165) is 28.4 Å². The van der Waals surface area contributed by atoms with Crippen LogP contribution in [0.3, 0.4) is 0 Å². The van der Waals surface area contributed by atoms with Crippen LogP contribution in [0.1, 0.15) is 55.2 Å². The Balaban J connectivity index is 2.66. The van der Waals surface area contributed by atoms with Crippen molar-refractivity contribution in [2.45, 2.75) is 59.0 Å². The summed E-state index contributed by atoms with van der Waals surface area (Å²) < 4.78 is 0. The van der Waals surface area contributed by atoms with Gasteiger partial charge in [-0.05, 0) is 40.0 Å². The molecule has 1 rings (SSSR count). The SMILES string of the molecule is CCc1nc(C)c(C(C)N(C)C(=O)NC(C)CCCO)s1. The molecule has 0 saturated carbocycles. The second kappa shape index (κ2) is 8.34. The van der Waals surface area contributed by atoms with E-state index in [2.05, 4.69) is 17.2 Å². The molecule has 0 aliphatic heterocycles. The predicted octanol–water partition coefficient (Wildman–Crippen LogP) is 2.88. The average molecular weight is 313 g/mol. The standard InChI is InChI=1S/C15H27N3O2S/c1-6-13-17-11(3)14(21-13)12(4)18(5)15(20)16-10(2)8-7-9-19/h10,12,19H,6-9H2,1-5H3,(H,16,20). The number of aliphatic hydroxyl groups excluding tert-OH is 1. The van der Waals surface area contributed by atoms with E-state index in [1.54, 1.807) is 16.2 Å². The first-order chi connectivity index (χ1) is 9.90. The lowest BCUT2D eigenvalue weighted by Crippen LogP contribution is -2.42. The number of nitrogens with zero attached hydrogens (tertiary/aromatic N) is 2. The van der Waals surface area contributed by atoms with Crippen molar-refractivity contribution in [3.05, 3.63) is 15.6 Å². The smallest absolute Gasteiger partial charge is 0.317 e. The van der Waals surface area contributed by atoms with E-state index >= 15 is 0 Å². The van der Waals surface area contributed by atoms with Gasteiger partial charge in [0.1, 0.15) is 0 Å². The molecule has 1 aromatic rings. The Morgan fingerprint density at radius 3 is 2.67 bits per heavy atom. The van der Waals surface area contributed by atoms with Gasteiger partial charge < -0.3 is 15.3 Å². The first-order valence-corrected chi connectivity index (χ1v) is 8.32. The van der Waals surface area contributed by atoms with Crippen LogP contribution in [0.4, 0.5) is 4.79 Å². The Morgan fingerprint density at radius 1 is 1.48 bits per heavy atom. The van der Waals surface area contributed by atoms with Crippen molar-refractivity contribution in [3.8, 4) is 0 Å². The van der Waals surface area contributed by atoms with Crippen molar-refractivity contribution in [2.75, 3.05) is 13.7 Å². The summed E-state index contributed by atoms with van der Waals surface area (Å²) in [6.07, 6.45) is 2.41. The monoisotopic (exact) mass is 313 g/mol. The first-order valence-electron chi connectivity index (χ1n) is 7.51. The number of thiazole rings is 1. The second-order valence-corrected chi connectivity index (χ2v) is 6.53. The van der Waals surface area contributed by atoms with Crippen LogP contribution >= 0.6 is 11.3 Å². The van der Waals surface area contributed by atoms with Gasteiger partial charge in [0.15, 0.2) is 0 Å². The van der Waals surface area contributed by atoms with Gasteiger partial charge in [-0.1, -0.05) is 6.92 Å². The maximum atomic E-state index is 12.3. The minimum Gasteiger partial charge on any atom is -0.396 e. The number of nitrogens with one attached hydrogen (secondary N) is 1. The van der Waals surface area contributed by atoms with Crippen LogP contribution in [0.25, 0.3) is 0 Å². The maximum absolute atomic E-state index is 12.3. The molecular formula is C15H27N3O2S. The van der Waals surface area contributed by atoms with Crippen molar-refractivity contribution in [1.82, 2.24) is 15.2 Å². The summed E-state index contributed by atoms with van der Waals surface area (Å²) in [7, 11) is 1.81. The largest absolute Gasteiger partial charge is 0.396 e. The minimum absolute atomic E-state index is 0.00726. The van der Waals surface area contributed by atoms with Gasteiger partial charge in [-0.2, -0.15) is 0 Å². The van der Waals surface area contributed by atoms with Crippen LogP contribution in [-0.4, -0.2) is 40.7 Å². The number of hydrogen-bond donors (Lipinski definition) is 2. The number of urea groups is 1. The molecule has 21 heavy (non-hydrogen) atoms. The topological polar surface area (TPSA) is 65.5 Å². The third kappa shape index (κ3) is 4.97. The number of rotatable bonds is 7. The third-order valence-corrected chi connectivity index (χ3v) is 5.10. The fourth-order valence-corrected chi connectivity index (χ4v) is 3.24. The highest BCUT2D eigenvalue weighted by atomic mass is 32.1. The normalized spacial score (nSPS) is 13.8. The summed E-state index contributed by atoms with van der Waals surface area (Å²) in [5.41, 5.74) is 1.01. The highest BCUT2D eigenvalue weighted by Crippen LogP contribution is 2.28. The van der Waals surface area contributed by atoms with E-state index < -0.39 is 0 Å². The lowest BCUT2D eigenvalue weighted by atomic mass is 10.2. The molecular weight excluding hydrogens is 286 g/mol. The molecule has 1 aromatic heterocycles. The fourth-order valence-electron chi connectivity index (χ4n) is 2.14. The van der Waals surface area contributed by atoms with Gasteiger partial charge in [0.05, 0.1) is 16.7 Å². The molecule has 2 N–H and O–H groups in total. The number of carbonyl (C=O) groups excluding carboxylic acids is 1. The number of aliphatic hydroxyl groups is 1. The summed E-state index contributed by atoms with van der Waals surface area (Å²) in [6, 6.07) is -0.0142. The molecule has 0 bridgehead atoms. The maximum Gasteiger partial charge on any atom is 0.317 e. The molecule has 0 aromatic carbocycles. The van der Waals surface area contributed by atoms with E-state index in [-0.39, 0.29) is 24.7 Å². The van der Waals surface area contributed by atoms with Gasteiger partial charge >= 0.3 is 6.03 Å². The van der Waals surface area contributed by atoms with Gasteiger partial charge in [0.25, 0.3) is 0 Å². The molecule has 0 spiro atoms. The molecule has 0 saturated heterocycles. The van der Waals surface area contributed by atoms with Crippen molar-refractivity contribution in [3.63, 3.8) is 0 Å². The number of carbonyl (C=O) groups is 1. The van der Waals surface area contributed by atoms with E-state index in [1.807, 2.05) is 27.8 Å². The molecule has 2 amide bonds. The highest BCUT2D eigenvalue weighted by Gasteiger charge is 2.22. The first kappa shape index (κ1) is 17.9. The lowest BCUT2D eigenvalue weighted by Gasteiger charge is -2.26. The number of aryl methyl sites for hydroxylation is 2. The zero-order chi connectivity index (χ0) is 16.0. The van der Waals surface area contributed by atoms with Crippen LogP contribution in [0.15, 0.2) is 0 Å². The average Bonchev–Trinajstić information content (AvgIpc) is 2.84. The van der Waals surface area contributed by atoms with Crippen molar-refractivity contribution in [1.29, 1.82) is 0 Å². The van der Waals surface area contributed by atoms with Crippen molar-refractivity contribution < 1.29 is 9.90 Å². The van der Waals surface area contributed by atoms with Crippen LogP contribution in [0, 0.1) is 6.92 Å². The summed E-state index contributed by atoms with van der Waals surface area (Å²) in [5.74, 6) is 0. The molecule has 1 heterocycles. The Labute approximate surface area is 131 Å². The van der Waals surface area contributed by atoms with Crippen molar-refractivity contribution in [2.24, 2.45) is 0 Å². The fraction of sp³-hybridized carbons (Fsp3) is 0.733. The van der Waals surface area contributed by atoms with Gasteiger partial charge in [-0.15, -0.1) is 11.3 Å². The third-order valence-electron chi connectivity index (χ3n) is 3.63. The summed E-state index contributed by atoms with van der Waals surface area (Å²) in [4.78, 5) is 19.6. The molecule has 0 aliphatic rings. The summed E-state index contributed by atoms with van der Waals surface area (Å²) in [6.45, 7) is 8.23. The van der Waals surface area contributed by atoms with Gasteiger partial charge in [0, 0.05) is 24.6 Å². The van der Waals surface area contributed by atoms with Crippen molar-refractivity contribution >= 4 is 17.4 Å². The summed E-state index contributed by atoms with van der Waals surface area (Å²) >= 11 is 1.68. The van der Waals surface area contributed by atoms with E-state index in [1.165, 1.54) is 0 Å². The van der Waals surface area contributed by atoms with Gasteiger partial charge in [-0.25, -0.2) is 9.78 Å². The van der Waals surface area contributed by atoms with E-state index in [9.17, 15) is 4.79 Å². The Hall–Kier alpha value is -1.14. The Kier molecular flexibility index (Phi) is 7.11. The molecule has 5 nitrogen and oxygen atoms in total. The van der Waals surface area contributed by atoms with Crippen LogP contribution in [0.5, 0.6) is 0 Å². The van der Waals surface area contributed by atoms with Crippen LogP contribution in [-0.2, 0) is 6.42 Å². The van der Waals surface area contributed by atoms with E-state index in [4.69, 9.17) is 5.11 Å². The molecule has 120 valence electrons. The molecule has 2 unspecified atom stereocenters.